The molecule has 2 saturated heterocycles. The fourth-order valence-electron chi connectivity index (χ4n) is 5.38. The predicted octanol–water partition coefficient (Wildman–Crippen LogP) is 2.81. The zero-order chi connectivity index (χ0) is 22.1. The molecule has 1 atom stereocenters. The molecule has 5 rings (SSSR count). The zero-order valence-electron chi connectivity index (χ0n) is 19.1. The highest BCUT2D eigenvalue weighted by molar-refractivity contribution is 6.00. The number of carbonyl (C=O) groups excluding carboxylic acids is 1. The molecule has 1 amide bonds. The van der Waals surface area contributed by atoms with Gasteiger partial charge in [0.25, 0.3) is 0 Å². The van der Waals surface area contributed by atoms with Gasteiger partial charge in [0.2, 0.25) is 5.91 Å². The van der Waals surface area contributed by atoms with Gasteiger partial charge in [-0.3, -0.25) is 14.6 Å². The number of nitrogens with one attached hydrogen (secondary N) is 1. The minimum Gasteiger partial charge on any atom is -0.497 e. The van der Waals surface area contributed by atoms with E-state index >= 15 is 0 Å². The van der Waals surface area contributed by atoms with Gasteiger partial charge in [-0.15, -0.1) is 0 Å². The van der Waals surface area contributed by atoms with Gasteiger partial charge in [-0.2, -0.15) is 0 Å². The number of methoxy groups -OCH3 is 1. The van der Waals surface area contributed by atoms with Crippen molar-refractivity contribution in [3.05, 3.63) is 46.9 Å². The average molecular weight is 436 g/mol. The maximum Gasteiger partial charge on any atom is 0.233 e. The van der Waals surface area contributed by atoms with E-state index in [0.29, 0.717) is 24.9 Å². The van der Waals surface area contributed by atoms with Crippen molar-refractivity contribution < 1.29 is 9.53 Å². The molecule has 0 aliphatic carbocycles. The first-order valence-electron chi connectivity index (χ1n) is 11.9. The molecule has 4 heterocycles. The van der Waals surface area contributed by atoms with E-state index in [-0.39, 0.29) is 5.91 Å². The smallest absolute Gasteiger partial charge is 0.233 e. The largest absolute Gasteiger partial charge is 0.497 e. The van der Waals surface area contributed by atoms with Gasteiger partial charge in [0.05, 0.1) is 20.1 Å². The SMILES string of the molecule is COc1ccc(CN2C(=O)Cc3c(C)nc(C4CCCN(C5CCNCC5)C4)nc32)cc1. The molecule has 170 valence electrons. The number of aryl methyl sites for hydroxylation is 1. The lowest BCUT2D eigenvalue weighted by molar-refractivity contribution is -0.117. The molecule has 3 aliphatic heterocycles. The number of likely N-dealkylation sites (tertiary alicyclic amines) is 1. The summed E-state index contributed by atoms with van der Waals surface area (Å²) in [5.41, 5.74) is 3.01. The molecule has 32 heavy (non-hydrogen) atoms. The summed E-state index contributed by atoms with van der Waals surface area (Å²) in [4.78, 5) is 27.3. The van der Waals surface area contributed by atoms with E-state index < -0.39 is 0 Å². The first-order chi connectivity index (χ1) is 15.6. The highest BCUT2D eigenvalue weighted by Crippen LogP contribution is 2.34. The third kappa shape index (κ3) is 4.24. The molecule has 1 unspecified atom stereocenters. The Morgan fingerprint density at radius 1 is 1.12 bits per heavy atom. The number of rotatable bonds is 5. The number of aromatic nitrogens is 2. The third-order valence-corrected chi connectivity index (χ3v) is 7.24. The van der Waals surface area contributed by atoms with E-state index in [1.54, 1.807) is 7.11 Å². The molecule has 2 aromatic rings. The van der Waals surface area contributed by atoms with Gasteiger partial charge >= 0.3 is 0 Å². The van der Waals surface area contributed by atoms with Crippen LogP contribution in [0.25, 0.3) is 0 Å². The topological polar surface area (TPSA) is 70.6 Å². The van der Waals surface area contributed by atoms with Crippen LogP contribution in [0.1, 0.15) is 54.2 Å². The Labute approximate surface area is 190 Å². The Balaban J connectivity index is 1.37. The van der Waals surface area contributed by atoms with Crippen molar-refractivity contribution in [3.8, 4) is 5.75 Å². The van der Waals surface area contributed by atoms with Crippen molar-refractivity contribution in [3.63, 3.8) is 0 Å². The summed E-state index contributed by atoms with van der Waals surface area (Å²) in [6, 6.07) is 8.56. The number of hydrogen-bond acceptors (Lipinski definition) is 6. The van der Waals surface area contributed by atoms with Gasteiger partial charge in [-0.05, 0) is 69.9 Å². The van der Waals surface area contributed by atoms with E-state index in [1.165, 1.54) is 25.8 Å². The number of anilines is 1. The molecule has 0 bridgehead atoms. The van der Waals surface area contributed by atoms with Gasteiger partial charge in [0, 0.05) is 29.8 Å². The predicted molar refractivity (Wildman–Crippen MR) is 124 cm³/mol. The number of hydrogen-bond donors (Lipinski definition) is 1. The number of ether oxygens (including phenoxy) is 1. The van der Waals surface area contributed by atoms with Crippen LogP contribution >= 0.6 is 0 Å². The Bertz CT molecular complexity index is 971. The van der Waals surface area contributed by atoms with E-state index in [4.69, 9.17) is 14.7 Å². The lowest BCUT2D eigenvalue weighted by Gasteiger charge is -2.39. The van der Waals surface area contributed by atoms with Crippen LogP contribution in [-0.2, 0) is 17.8 Å². The third-order valence-electron chi connectivity index (χ3n) is 7.24. The quantitative estimate of drug-likeness (QED) is 0.779. The molecular weight excluding hydrogens is 402 g/mol. The highest BCUT2D eigenvalue weighted by atomic mass is 16.5. The molecule has 0 radical (unpaired) electrons. The van der Waals surface area contributed by atoms with Crippen molar-refractivity contribution in [2.75, 3.05) is 38.2 Å². The van der Waals surface area contributed by atoms with E-state index in [0.717, 1.165) is 60.3 Å². The number of amides is 1. The Kier molecular flexibility index (Phi) is 6.11. The molecule has 1 aromatic heterocycles. The summed E-state index contributed by atoms with van der Waals surface area (Å²) in [5, 5.41) is 3.47. The van der Waals surface area contributed by atoms with E-state index in [9.17, 15) is 4.79 Å². The summed E-state index contributed by atoms with van der Waals surface area (Å²) < 4.78 is 5.26. The summed E-state index contributed by atoms with van der Waals surface area (Å²) >= 11 is 0. The zero-order valence-corrected chi connectivity index (χ0v) is 19.1. The molecule has 1 aromatic carbocycles. The lowest BCUT2D eigenvalue weighted by atomic mass is 9.93. The van der Waals surface area contributed by atoms with Crippen LogP contribution in [0, 0.1) is 6.92 Å². The van der Waals surface area contributed by atoms with Crippen LogP contribution in [0.4, 0.5) is 5.82 Å². The van der Waals surface area contributed by atoms with Crippen molar-refractivity contribution >= 4 is 11.7 Å². The van der Waals surface area contributed by atoms with Gasteiger partial charge in [-0.25, -0.2) is 9.97 Å². The molecule has 3 aliphatic rings. The maximum atomic E-state index is 12.9. The van der Waals surface area contributed by atoms with Crippen LogP contribution < -0.4 is 15.0 Å². The second-order valence-electron chi connectivity index (χ2n) is 9.29. The highest BCUT2D eigenvalue weighted by Gasteiger charge is 2.34. The Morgan fingerprint density at radius 2 is 1.91 bits per heavy atom. The van der Waals surface area contributed by atoms with Gasteiger partial charge in [0.15, 0.2) is 0 Å². The minimum atomic E-state index is 0.102. The average Bonchev–Trinajstić information content (AvgIpc) is 3.16. The molecular formula is C25H33N5O2. The summed E-state index contributed by atoms with van der Waals surface area (Å²) in [6.07, 6.45) is 5.14. The van der Waals surface area contributed by atoms with Gasteiger partial charge in [0.1, 0.15) is 17.4 Å². The Hall–Kier alpha value is -2.51. The molecule has 0 spiro atoms. The van der Waals surface area contributed by atoms with Gasteiger partial charge in [-0.1, -0.05) is 12.1 Å². The van der Waals surface area contributed by atoms with Crippen molar-refractivity contribution in [2.45, 2.75) is 57.5 Å². The van der Waals surface area contributed by atoms with E-state index in [1.807, 2.05) is 36.1 Å². The molecule has 7 nitrogen and oxygen atoms in total. The number of fused-ring (bicyclic) bond motifs is 1. The Morgan fingerprint density at radius 3 is 2.66 bits per heavy atom. The minimum absolute atomic E-state index is 0.102. The summed E-state index contributed by atoms with van der Waals surface area (Å²) in [5.74, 6) is 2.98. The van der Waals surface area contributed by atoms with Crippen LogP contribution in [0.3, 0.4) is 0 Å². The number of benzene rings is 1. The fourth-order valence-corrected chi connectivity index (χ4v) is 5.38. The van der Waals surface area contributed by atoms with Crippen molar-refractivity contribution in [1.29, 1.82) is 0 Å². The second kappa shape index (κ2) is 9.16. The number of nitrogens with zero attached hydrogens (tertiary/aromatic N) is 4. The number of carbonyl (C=O) groups is 1. The van der Waals surface area contributed by atoms with Gasteiger partial charge < -0.3 is 10.1 Å². The summed E-state index contributed by atoms with van der Waals surface area (Å²) in [6.45, 7) is 6.98. The van der Waals surface area contributed by atoms with Crippen molar-refractivity contribution in [2.24, 2.45) is 0 Å². The maximum absolute atomic E-state index is 12.9. The van der Waals surface area contributed by atoms with Crippen LogP contribution in [0.2, 0.25) is 0 Å². The normalized spacial score (nSPS) is 22.2. The molecule has 1 N–H and O–H groups in total. The van der Waals surface area contributed by atoms with Crippen LogP contribution in [-0.4, -0.2) is 60.1 Å². The molecule has 2 fully saturated rings. The van der Waals surface area contributed by atoms with Crippen LogP contribution in [0.15, 0.2) is 24.3 Å². The van der Waals surface area contributed by atoms with Crippen LogP contribution in [0.5, 0.6) is 5.75 Å². The van der Waals surface area contributed by atoms with Crippen molar-refractivity contribution in [1.82, 2.24) is 20.2 Å². The number of piperidine rings is 2. The first-order valence-corrected chi connectivity index (χ1v) is 11.9. The lowest BCUT2D eigenvalue weighted by Crippen LogP contribution is -2.47. The monoisotopic (exact) mass is 435 g/mol. The second-order valence-corrected chi connectivity index (χ2v) is 9.29. The summed E-state index contributed by atoms with van der Waals surface area (Å²) in [7, 11) is 1.66. The fraction of sp³-hybridized carbons (Fsp3) is 0.560. The standard InChI is InChI=1S/C25H33N5O2/c1-17-22-14-23(31)30(15-18-5-7-21(32-2)8-6-18)25(22)28-24(27-17)19-4-3-13-29(16-19)20-9-11-26-12-10-20/h5-8,19-20,26H,3-4,9-16H2,1-2H3. The first kappa shape index (κ1) is 21.3. The molecule has 7 heteroatoms. The molecule has 0 saturated carbocycles. The van der Waals surface area contributed by atoms with E-state index in [2.05, 4.69) is 10.2 Å².